The Morgan fingerprint density at radius 2 is 2.10 bits per heavy atom. The molecule has 0 spiro atoms. The molecule has 2 aromatic rings. The van der Waals surface area contributed by atoms with E-state index in [1.807, 2.05) is 29.9 Å². The minimum Gasteiger partial charge on any atom is -0.379 e. The van der Waals surface area contributed by atoms with Gasteiger partial charge in [-0.25, -0.2) is 0 Å². The summed E-state index contributed by atoms with van der Waals surface area (Å²) in [5, 5.41) is 3.89. The zero-order valence-electron chi connectivity index (χ0n) is 11.9. The van der Waals surface area contributed by atoms with E-state index in [2.05, 4.69) is 5.32 Å². The lowest BCUT2D eigenvalue weighted by molar-refractivity contribution is 0.0828. The molecule has 0 saturated carbocycles. The van der Waals surface area contributed by atoms with Gasteiger partial charge in [-0.15, -0.1) is 0 Å². The number of aromatic nitrogens is 1. The Morgan fingerprint density at radius 1 is 1.35 bits per heavy atom. The van der Waals surface area contributed by atoms with Crippen LogP contribution >= 0.6 is 11.6 Å². The lowest BCUT2D eigenvalue weighted by Crippen LogP contribution is -2.23. The summed E-state index contributed by atoms with van der Waals surface area (Å²) < 4.78 is 2.03. The van der Waals surface area contributed by atoms with E-state index in [9.17, 15) is 4.79 Å². The molecule has 1 aromatic heterocycles. The first-order chi connectivity index (χ1) is 9.49. The molecule has 0 unspecified atom stereocenters. The van der Waals surface area contributed by atoms with Crippen molar-refractivity contribution in [1.29, 1.82) is 0 Å². The highest BCUT2D eigenvalue weighted by molar-refractivity contribution is 6.31. The Hall–Kier alpha value is -1.94. The maximum atomic E-state index is 12.1. The van der Waals surface area contributed by atoms with Crippen LogP contribution in [0.4, 0.5) is 5.69 Å². The van der Waals surface area contributed by atoms with Crippen molar-refractivity contribution in [1.82, 2.24) is 9.47 Å². The van der Waals surface area contributed by atoms with Gasteiger partial charge in [-0.2, -0.15) is 0 Å². The van der Waals surface area contributed by atoms with Gasteiger partial charge in [0.1, 0.15) is 0 Å². The maximum absolute atomic E-state index is 12.1. The highest BCUT2D eigenvalue weighted by Gasteiger charge is 2.13. The van der Waals surface area contributed by atoms with Crippen LogP contribution in [0.15, 0.2) is 36.5 Å². The largest absolute Gasteiger partial charge is 0.379 e. The van der Waals surface area contributed by atoms with Crippen molar-refractivity contribution in [3.05, 3.63) is 52.8 Å². The fourth-order valence-corrected chi connectivity index (χ4v) is 2.13. The van der Waals surface area contributed by atoms with Gasteiger partial charge < -0.3 is 14.8 Å². The first kappa shape index (κ1) is 14.5. The summed E-state index contributed by atoms with van der Waals surface area (Å²) in [6.07, 6.45) is 1.99. The quantitative estimate of drug-likeness (QED) is 0.940. The number of hydrogen-bond acceptors (Lipinski definition) is 2. The van der Waals surface area contributed by atoms with Crippen molar-refractivity contribution in [2.24, 2.45) is 7.05 Å². The molecule has 1 amide bonds. The molecule has 4 nitrogen and oxygen atoms in total. The summed E-state index contributed by atoms with van der Waals surface area (Å²) in [7, 11) is 5.46. The summed E-state index contributed by atoms with van der Waals surface area (Å²) >= 11 is 6.02. The van der Waals surface area contributed by atoms with E-state index in [1.54, 1.807) is 37.2 Å². The lowest BCUT2D eigenvalue weighted by atomic mass is 10.1. The fourth-order valence-electron chi connectivity index (χ4n) is 1.96. The van der Waals surface area contributed by atoms with Crippen LogP contribution in [0.1, 0.15) is 16.1 Å². The van der Waals surface area contributed by atoms with E-state index in [1.165, 1.54) is 0 Å². The monoisotopic (exact) mass is 291 g/mol. The fraction of sp³-hybridized carbons (Fsp3) is 0.267. The molecule has 0 saturated heterocycles. The molecule has 0 radical (unpaired) electrons. The average Bonchev–Trinajstić information content (AvgIpc) is 2.81. The second-order valence-corrected chi connectivity index (χ2v) is 5.29. The standard InChI is InChI=1S/C15H18ClN3O/c1-18(2)15(20)13-7-6-11(16)9-14(13)17-10-12-5-4-8-19(12)3/h4-9,17H,10H2,1-3H3. The smallest absolute Gasteiger partial charge is 0.255 e. The van der Waals surface area contributed by atoms with Gasteiger partial charge in [0.05, 0.1) is 12.1 Å². The van der Waals surface area contributed by atoms with Crippen molar-refractivity contribution in [3.63, 3.8) is 0 Å². The number of rotatable bonds is 4. The third-order valence-corrected chi connectivity index (χ3v) is 3.36. The van der Waals surface area contributed by atoms with Crippen LogP contribution in [0, 0.1) is 0 Å². The molecule has 20 heavy (non-hydrogen) atoms. The number of amides is 1. The molecule has 5 heteroatoms. The molecule has 106 valence electrons. The molecular formula is C15H18ClN3O. The molecule has 0 aliphatic carbocycles. The first-order valence-electron chi connectivity index (χ1n) is 6.34. The normalized spacial score (nSPS) is 10.4. The van der Waals surface area contributed by atoms with E-state index < -0.39 is 0 Å². The van der Waals surface area contributed by atoms with E-state index in [0.717, 1.165) is 11.4 Å². The van der Waals surface area contributed by atoms with Crippen molar-refractivity contribution in [3.8, 4) is 0 Å². The van der Waals surface area contributed by atoms with Gasteiger partial charge in [-0.1, -0.05) is 11.6 Å². The third kappa shape index (κ3) is 3.14. The Labute approximate surface area is 124 Å². The summed E-state index contributed by atoms with van der Waals surface area (Å²) in [5.41, 5.74) is 2.50. The van der Waals surface area contributed by atoms with Gasteiger partial charge in [0.25, 0.3) is 5.91 Å². The average molecular weight is 292 g/mol. The number of hydrogen-bond donors (Lipinski definition) is 1. The molecule has 0 aliphatic heterocycles. The van der Waals surface area contributed by atoms with Crippen molar-refractivity contribution < 1.29 is 4.79 Å². The minimum atomic E-state index is -0.0453. The highest BCUT2D eigenvalue weighted by atomic mass is 35.5. The molecule has 0 bridgehead atoms. The van der Waals surface area contributed by atoms with Crippen LogP contribution in [0.5, 0.6) is 0 Å². The topological polar surface area (TPSA) is 37.3 Å². The number of halogens is 1. The molecule has 0 atom stereocenters. The van der Waals surface area contributed by atoms with Crippen LogP contribution in [-0.2, 0) is 13.6 Å². The van der Waals surface area contributed by atoms with E-state index in [-0.39, 0.29) is 5.91 Å². The van der Waals surface area contributed by atoms with Crippen LogP contribution in [0.25, 0.3) is 0 Å². The predicted octanol–water partition coefficient (Wildman–Crippen LogP) is 2.99. The number of aryl methyl sites for hydroxylation is 1. The Morgan fingerprint density at radius 3 is 2.70 bits per heavy atom. The van der Waals surface area contributed by atoms with Crippen molar-refractivity contribution in [2.45, 2.75) is 6.54 Å². The molecule has 0 aliphatic rings. The number of benzene rings is 1. The van der Waals surface area contributed by atoms with E-state index in [4.69, 9.17) is 11.6 Å². The van der Waals surface area contributed by atoms with Gasteiger partial charge >= 0.3 is 0 Å². The summed E-state index contributed by atoms with van der Waals surface area (Å²) in [5.74, 6) is -0.0453. The van der Waals surface area contributed by atoms with E-state index in [0.29, 0.717) is 17.1 Å². The van der Waals surface area contributed by atoms with Crippen molar-refractivity contribution in [2.75, 3.05) is 19.4 Å². The van der Waals surface area contributed by atoms with Gasteiger partial charge in [0.15, 0.2) is 0 Å². The second kappa shape index (κ2) is 6.01. The summed E-state index contributed by atoms with van der Waals surface area (Å²) in [4.78, 5) is 13.7. The Bertz CT molecular complexity index is 619. The first-order valence-corrected chi connectivity index (χ1v) is 6.72. The van der Waals surface area contributed by atoms with Crippen LogP contribution in [-0.4, -0.2) is 29.5 Å². The molecule has 2 rings (SSSR count). The number of nitrogens with zero attached hydrogens (tertiary/aromatic N) is 2. The number of anilines is 1. The van der Waals surface area contributed by atoms with Crippen molar-refractivity contribution >= 4 is 23.2 Å². The minimum absolute atomic E-state index is 0.0453. The lowest BCUT2D eigenvalue weighted by Gasteiger charge is -2.16. The number of carbonyl (C=O) groups is 1. The zero-order valence-corrected chi connectivity index (χ0v) is 12.6. The summed E-state index contributed by atoms with van der Waals surface area (Å²) in [6, 6.07) is 9.27. The Kier molecular flexibility index (Phi) is 4.35. The molecule has 1 N–H and O–H groups in total. The molecule has 1 aromatic carbocycles. The Balaban J connectivity index is 2.24. The van der Waals surface area contributed by atoms with Crippen LogP contribution < -0.4 is 5.32 Å². The van der Waals surface area contributed by atoms with Gasteiger partial charge in [0.2, 0.25) is 0 Å². The van der Waals surface area contributed by atoms with Gasteiger partial charge in [-0.05, 0) is 30.3 Å². The maximum Gasteiger partial charge on any atom is 0.255 e. The van der Waals surface area contributed by atoms with Gasteiger partial charge in [-0.3, -0.25) is 4.79 Å². The molecule has 0 fully saturated rings. The summed E-state index contributed by atoms with van der Waals surface area (Å²) in [6.45, 7) is 0.636. The third-order valence-electron chi connectivity index (χ3n) is 3.13. The van der Waals surface area contributed by atoms with Crippen LogP contribution in [0.2, 0.25) is 5.02 Å². The highest BCUT2D eigenvalue weighted by Crippen LogP contribution is 2.22. The number of carbonyl (C=O) groups excluding carboxylic acids is 1. The van der Waals surface area contributed by atoms with Gasteiger partial charge in [0, 0.05) is 43.7 Å². The molecular weight excluding hydrogens is 274 g/mol. The second-order valence-electron chi connectivity index (χ2n) is 4.85. The predicted molar refractivity (Wildman–Crippen MR) is 82.2 cm³/mol. The van der Waals surface area contributed by atoms with E-state index >= 15 is 0 Å². The SMILES string of the molecule is CN(C)C(=O)c1ccc(Cl)cc1NCc1cccn1C. The number of nitrogens with one attached hydrogen (secondary N) is 1. The zero-order chi connectivity index (χ0) is 14.7. The molecule has 1 heterocycles. The van der Waals surface area contributed by atoms with Crippen LogP contribution in [0.3, 0.4) is 0 Å².